The maximum atomic E-state index is 3.40. The van der Waals surface area contributed by atoms with Crippen LogP contribution in [-0.4, -0.2) is 19.1 Å². The Kier molecular flexibility index (Phi) is 6.36. The number of hydrogen-bond acceptors (Lipinski definition) is 2. The monoisotopic (exact) mass is 262 g/mol. The standard InChI is InChI=1S/C17H30N2/c1-7-18-11-16-8-9-17(10-15(16)6)19(14(4)5)12-13(2)3/h8-10,13-14,18H,7,11-12H2,1-6H3. The van der Waals surface area contributed by atoms with Crippen molar-refractivity contribution >= 4 is 5.69 Å². The van der Waals surface area contributed by atoms with Gasteiger partial charge in [0, 0.05) is 24.8 Å². The summed E-state index contributed by atoms with van der Waals surface area (Å²) in [7, 11) is 0. The van der Waals surface area contributed by atoms with Crippen molar-refractivity contribution in [3.63, 3.8) is 0 Å². The lowest BCUT2D eigenvalue weighted by atomic mass is 10.1. The Morgan fingerprint density at radius 3 is 2.32 bits per heavy atom. The van der Waals surface area contributed by atoms with E-state index in [0.717, 1.165) is 19.6 Å². The van der Waals surface area contributed by atoms with Crippen molar-refractivity contribution in [2.24, 2.45) is 5.92 Å². The highest BCUT2D eigenvalue weighted by atomic mass is 15.2. The van der Waals surface area contributed by atoms with Gasteiger partial charge in [0.2, 0.25) is 0 Å². The third-order valence-electron chi connectivity index (χ3n) is 3.41. The van der Waals surface area contributed by atoms with Crippen molar-refractivity contribution in [1.29, 1.82) is 0 Å². The molecule has 0 aromatic heterocycles. The van der Waals surface area contributed by atoms with Crippen LogP contribution in [0.15, 0.2) is 18.2 Å². The molecule has 0 radical (unpaired) electrons. The molecule has 2 nitrogen and oxygen atoms in total. The van der Waals surface area contributed by atoms with Crippen molar-refractivity contribution in [3.8, 4) is 0 Å². The van der Waals surface area contributed by atoms with E-state index in [0.29, 0.717) is 12.0 Å². The summed E-state index contributed by atoms with van der Waals surface area (Å²) < 4.78 is 0. The SMILES string of the molecule is CCNCc1ccc(N(CC(C)C)C(C)C)cc1C. The minimum atomic E-state index is 0.543. The van der Waals surface area contributed by atoms with Gasteiger partial charge >= 0.3 is 0 Å². The van der Waals surface area contributed by atoms with E-state index in [2.05, 4.69) is 70.0 Å². The van der Waals surface area contributed by atoms with E-state index in [1.807, 2.05) is 0 Å². The number of aryl methyl sites for hydroxylation is 1. The predicted molar refractivity (Wildman–Crippen MR) is 85.9 cm³/mol. The van der Waals surface area contributed by atoms with Crippen LogP contribution in [0.2, 0.25) is 0 Å². The van der Waals surface area contributed by atoms with Crippen LogP contribution < -0.4 is 10.2 Å². The number of nitrogens with one attached hydrogen (secondary N) is 1. The van der Waals surface area contributed by atoms with Crippen LogP contribution in [0.4, 0.5) is 5.69 Å². The Bertz CT molecular complexity index is 383. The largest absolute Gasteiger partial charge is 0.369 e. The predicted octanol–water partition coefficient (Wildman–Crippen LogP) is 3.98. The highest BCUT2D eigenvalue weighted by molar-refractivity contribution is 5.51. The van der Waals surface area contributed by atoms with Gasteiger partial charge in [0.25, 0.3) is 0 Å². The Balaban J connectivity index is 2.90. The Morgan fingerprint density at radius 1 is 1.16 bits per heavy atom. The van der Waals surface area contributed by atoms with E-state index >= 15 is 0 Å². The molecular weight excluding hydrogens is 232 g/mol. The highest BCUT2D eigenvalue weighted by Crippen LogP contribution is 2.22. The minimum Gasteiger partial charge on any atom is -0.369 e. The molecule has 0 bridgehead atoms. The molecular formula is C17H30N2. The molecule has 1 N–H and O–H groups in total. The van der Waals surface area contributed by atoms with Gasteiger partial charge in [0.05, 0.1) is 0 Å². The summed E-state index contributed by atoms with van der Waals surface area (Å²) in [5, 5.41) is 3.40. The number of hydrogen-bond donors (Lipinski definition) is 1. The molecule has 1 aromatic carbocycles. The number of nitrogens with zero attached hydrogens (tertiary/aromatic N) is 1. The summed E-state index contributed by atoms with van der Waals surface area (Å²) in [5.74, 6) is 0.684. The van der Waals surface area contributed by atoms with Crippen LogP contribution in [-0.2, 0) is 6.54 Å². The first-order valence-electron chi connectivity index (χ1n) is 7.52. The van der Waals surface area contributed by atoms with Crippen molar-refractivity contribution in [2.45, 2.75) is 54.1 Å². The van der Waals surface area contributed by atoms with E-state index in [1.165, 1.54) is 16.8 Å². The zero-order valence-electron chi connectivity index (χ0n) is 13.5. The second-order valence-corrected chi connectivity index (χ2v) is 6.03. The Hall–Kier alpha value is -1.02. The molecule has 108 valence electrons. The molecule has 0 fully saturated rings. The van der Waals surface area contributed by atoms with Crippen molar-refractivity contribution < 1.29 is 0 Å². The normalized spacial score (nSPS) is 11.4. The molecule has 0 aliphatic carbocycles. The van der Waals surface area contributed by atoms with Gasteiger partial charge < -0.3 is 10.2 Å². The van der Waals surface area contributed by atoms with Gasteiger partial charge in [-0.05, 0) is 56.5 Å². The molecule has 1 rings (SSSR count). The van der Waals surface area contributed by atoms with Crippen LogP contribution in [0.5, 0.6) is 0 Å². The van der Waals surface area contributed by atoms with Crippen molar-refractivity contribution in [3.05, 3.63) is 29.3 Å². The average molecular weight is 262 g/mol. The first-order chi connectivity index (χ1) is 8.95. The van der Waals surface area contributed by atoms with Crippen LogP contribution >= 0.6 is 0 Å². The first kappa shape index (κ1) is 16.0. The minimum absolute atomic E-state index is 0.543. The number of anilines is 1. The molecule has 1 aromatic rings. The topological polar surface area (TPSA) is 15.3 Å². The first-order valence-corrected chi connectivity index (χ1v) is 7.52. The third-order valence-corrected chi connectivity index (χ3v) is 3.41. The second kappa shape index (κ2) is 7.54. The molecule has 0 amide bonds. The molecule has 0 unspecified atom stereocenters. The lowest BCUT2D eigenvalue weighted by Crippen LogP contribution is -2.34. The quantitative estimate of drug-likeness (QED) is 0.799. The maximum absolute atomic E-state index is 3.40. The Morgan fingerprint density at radius 2 is 1.84 bits per heavy atom. The lowest BCUT2D eigenvalue weighted by Gasteiger charge is -2.31. The molecule has 0 aliphatic rings. The zero-order chi connectivity index (χ0) is 14.4. The van der Waals surface area contributed by atoms with Gasteiger partial charge in [0.1, 0.15) is 0 Å². The third kappa shape index (κ3) is 4.87. The number of rotatable bonds is 7. The van der Waals surface area contributed by atoms with Crippen LogP contribution in [0, 0.1) is 12.8 Å². The van der Waals surface area contributed by atoms with Crippen molar-refractivity contribution in [2.75, 3.05) is 18.0 Å². The van der Waals surface area contributed by atoms with E-state index < -0.39 is 0 Å². The summed E-state index contributed by atoms with van der Waals surface area (Å²) >= 11 is 0. The molecule has 0 heterocycles. The van der Waals surface area contributed by atoms with Gasteiger partial charge in [-0.15, -0.1) is 0 Å². The summed E-state index contributed by atoms with van der Waals surface area (Å²) in [4.78, 5) is 2.49. The van der Waals surface area contributed by atoms with Gasteiger partial charge in [-0.2, -0.15) is 0 Å². The van der Waals surface area contributed by atoms with E-state index in [9.17, 15) is 0 Å². The summed E-state index contributed by atoms with van der Waals surface area (Å²) in [6.45, 7) is 16.6. The van der Waals surface area contributed by atoms with E-state index in [-0.39, 0.29) is 0 Å². The fraction of sp³-hybridized carbons (Fsp3) is 0.647. The van der Waals surface area contributed by atoms with E-state index in [4.69, 9.17) is 0 Å². The maximum Gasteiger partial charge on any atom is 0.0371 e. The van der Waals surface area contributed by atoms with Gasteiger partial charge in [0.15, 0.2) is 0 Å². The van der Waals surface area contributed by atoms with E-state index in [1.54, 1.807) is 0 Å². The lowest BCUT2D eigenvalue weighted by molar-refractivity contribution is 0.571. The second-order valence-electron chi connectivity index (χ2n) is 6.03. The van der Waals surface area contributed by atoms with Crippen LogP contribution in [0.25, 0.3) is 0 Å². The molecule has 0 spiro atoms. The Labute approximate surface area is 119 Å². The van der Waals surface area contributed by atoms with Crippen LogP contribution in [0.1, 0.15) is 45.7 Å². The fourth-order valence-electron chi connectivity index (χ4n) is 2.32. The summed E-state index contributed by atoms with van der Waals surface area (Å²) in [6, 6.07) is 7.40. The molecule has 0 saturated heterocycles. The molecule has 0 atom stereocenters. The summed E-state index contributed by atoms with van der Waals surface area (Å²) in [6.07, 6.45) is 0. The average Bonchev–Trinajstić information content (AvgIpc) is 2.34. The van der Waals surface area contributed by atoms with Gasteiger partial charge in [-0.1, -0.05) is 26.8 Å². The van der Waals surface area contributed by atoms with Crippen LogP contribution in [0.3, 0.4) is 0 Å². The smallest absolute Gasteiger partial charge is 0.0371 e. The zero-order valence-corrected chi connectivity index (χ0v) is 13.5. The highest BCUT2D eigenvalue weighted by Gasteiger charge is 2.13. The summed E-state index contributed by atoms with van der Waals surface area (Å²) in [5.41, 5.74) is 4.13. The van der Waals surface area contributed by atoms with Gasteiger partial charge in [-0.3, -0.25) is 0 Å². The fourth-order valence-corrected chi connectivity index (χ4v) is 2.32. The molecule has 19 heavy (non-hydrogen) atoms. The molecule has 0 aliphatic heterocycles. The van der Waals surface area contributed by atoms with Crippen molar-refractivity contribution in [1.82, 2.24) is 5.32 Å². The number of benzene rings is 1. The molecule has 0 saturated carbocycles. The van der Waals surface area contributed by atoms with Gasteiger partial charge in [-0.25, -0.2) is 0 Å². The molecule has 2 heteroatoms.